The summed E-state index contributed by atoms with van der Waals surface area (Å²) in [4.78, 5) is 2.41. The third-order valence-corrected chi connectivity index (χ3v) is 21.6. The molecule has 2 aliphatic carbocycles. The average molecular weight is 1320 g/mol. The van der Waals surface area contributed by atoms with Crippen LogP contribution in [0.5, 0.6) is 0 Å². The monoisotopic (exact) mass is 1320 g/mol. The second-order valence-corrected chi connectivity index (χ2v) is 28.2. The molecule has 20 rings (SSSR count). The smallest absolute Gasteiger partial charge is 0.0540 e. The van der Waals surface area contributed by atoms with E-state index in [1.165, 1.54) is 164 Å². The van der Waals surface area contributed by atoms with Gasteiger partial charge in [-0.15, -0.1) is 0 Å². The van der Waals surface area contributed by atoms with Crippen molar-refractivity contribution in [3.8, 4) is 44.5 Å². The van der Waals surface area contributed by atoms with Gasteiger partial charge in [-0.2, -0.15) is 0 Å². The van der Waals surface area contributed by atoms with Gasteiger partial charge >= 0.3 is 0 Å². The quantitative estimate of drug-likeness (QED) is 0.160. The summed E-state index contributed by atoms with van der Waals surface area (Å²) in [6, 6.07) is 120. The second-order valence-electron chi connectivity index (χ2n) is 27.3. The lowest BCUT2D eigenvalue weighted by Gasteiger charge is -2.29. The van der Waals surface area contributed by atoms with Crippen molar-refractivity contribution in [2.45, 2.75) is 46.0 Å². The van der Waals surface area contributed by atoms with Gasteiger partial charge < -0.3 is 10.2 Å². The Kier molecular flexibility index (Phi) is 14.6. The van der Waals surface area contributed by atoms with E-state index in [-0.39, 0.29) is 18.3 Å². The third kappa shape index (κ3) is 9.89. The first-order chi connectivity index (χ1) is 47.5. The first kappa shape index (κ1) is 60.3. The van der Waals surface area contributed by atoms with E-state index < -0.39 is 0 Å². The van der Waals surface area contributed by atoms with Gasteiger partial charge in [-0.25, -0.2) is 0 Å². The zero-order valence-electron chi connectivity index (χ0n) is 54.5. The van der Waals surface area contributed by atoms with Crippen LogP contribution in [0.15, 0.2) is 332 Å². The van der Waals surface area contributed by atoms with Gasteiger partial charge in [0.05, 0.1) is 5.69 Å². The molecule has 1 N–H and O–H groups in total. The van der Waals surface area contributed by atoms with Gasteiger partial charge in [-0.05, 0) is 215 Å². The fourth-order valence-electron chi connectivity index (χ4n) is 16.3. The lowest BCUT2D eigenvalue weighted by Crippen LogP contribution is -2.16. The predicted molar refractivity (Wildman–Crippen MR) is 427 cm³/mol. The lowest BCUT2D eigenvalue weighted by molar-refractivity contribution is 0.660. The molecule has 98 heavy (non-hydrogen) atoms. The first-order valence-electron chi connectivity index (χ1n) is 33.7. The molecule has 0 saturated carbocycles. The molecule has 0 bridgehead atoms. The van der Waals surface area contributed by atoms with Crippen LogP contribution in [0.2, 0.25) is 0 Å². The summed E-state index contributed by atoms with van der Waals surface area (Å²) < 4.78 is 1.14. The minimum atomic E-state index is -0.165. The van der Waals surface area contributed by atoms with Crippen molar-refractivity contribution in [3.05, 3.63) is 354 Å². The van der Waals surface area contributed by atoms with Crippen LogP contribution in [0, 0.1) is 0 Å². The molecule has 0 spiro atoms. The number of nitrogens with one attached hydrogen (secondary N) is 1. The summed E-state index contributed by atoms with van der Waals surface area (Å²) in [5, 5.41) is 24.4. The zero-order valence-corrected chi connectivity index (χ0v) is 56.1. The maximum Gasteiger partial charge on any atom is 0.0540 e. The van der Waals surface area contributed by atoms with Crippen LogP contribution in [0.3, 0.4) is 0 Å². The summed E-state index contributed by atoms with van der Waals surface area (Å²) in [7, 11) is 0. The van der Waals surface area contributed by atoms with Gasteiger partial charge in [0.15, 0.2) is 0 Å². The molecule has 0 fully saturated rings. The molecule has 0 amide bonds. The van der Waals surface area contributed by atoms with Crippen molar-refractivity contribution in [1.82, 2.24) is 0 Å². The van der Waals surface area contributed by atoms with Crippen LogP contribution in [0.4, 0.5) is 28.4 Å². The first-order valence-corrected chi connectivity index (χ1v) is 34.5. The molecule has 0 saturated heterocycles. The van der Waals surface area contributed by atoms with E-state index >= 15 is 0 Å². The van der Waals surface area contributed by atoms with E-state index in [0.717, 1.165) is 21.5 Å². The molecule has 2 nitrogen and oxygen atoms in total. The van der Waals surface area contributed by atoms with Gasteiger partial charge in [0.2, 0.25) is 0 Å². The van der Waals surface area contributed by atoms with Crippen molar-refractivity contribution < 1.29 is 0 Å². The Balaban J connectivity index is 0.000000124. The predicted octanol–water partition coefficient (Wildman–Crippen LogP) is 27.7. The number of hydrogen-bond donors (Lipinski definition) is 1. The fraction of sp³-hybridized carbons (Fsp3) is 0.0737. The van der Waals surface area contributed by atoms with Crippen molar-refractivity contribution in [2.24, 2.45) is 0 Å². The van der Waals surface area contributed by atoms with E-state index in [1.54, 1.807) is 0 Å². The average Bonchev–Trinajstić information content (AvgIpc) is 1.11. The summed E-state index contributed by atoms with van der Waals surface area (Å²) in [6.45, 7) is 9.47. The van der Waals surface area contributed by atoms with Crippen LogP contribution in [0.1, 0.15) is 57.4 Å². The Labute approximate surface area is 581 Å². The Morgan fingerprint density at radius 2 is 0.663 bits per heavy atom. The highest BCUT2D eigenvalue weighted by Gasteiger charge is 2.38. The number of fused-ring (bicyclic) bond motifs is 8. The van der Waals surface area contributed by atoms with Crippen molar-refractivity contribution in [3.63, 3.8) is 0 Å². The Bertz CT molecular complexity index is 6080. The number of nitrogens with zero attached hydrogens (tertiary/aromatic N) is 1. The van der Waals surface area contributed by atoms with Gasteiger partial charge in [-0.1, -0.05) is 306 Å². The van der Waals surface area contributed by atoms with Crippen LogP contribution in [0.25, 0.3) is 131 Å². The minimum Gasteiger partial charge on any atom is -0.355 e. The van der Waals surface area contributed by atoms with E-state index in [4.69, 9.17) is 0 Å². The largest absolute Gasteiger partial charge is 0.355 e. The van der Waals surface area contributed by atoms with E-state index in [1.807, 2.05) is 18.2 Å². The molecule has 3 heteroatoms. The molecule has 18 aromatic carbocycles. The van der Waals surface area contributed by atoms with E-state index in [9.17, 15) is 0 Å². The van der Waals surface area contributed by atoms with Crippen molar-refractivity contribution in [2.75, 3.05) is 10.2 Å². The van der Waals surface area contributed by atoms with E-state index in [2.05, 4.69) is 363 Å². The zero-order chi connectivity index (χ0) is 65.1. The van der Waals surface area contributed by atoms with Crippen molar-refractivity contribution >= 4 is 131 Å². The van der Waals surface area contributed by atoms with E-state index in [0.29, 0.717) is 0 Å². The summed E-state index contributed by atoms with van der Waals surface area (Å²) in [6.07, 6.45) is 0. The Morgan fingerprint density at radius 1 is 0.276 bits per heavy atom. The van der Waals surface area contributed by atoms with Crippen molar-refractivity contribution in [1.29, 1.82) is 0 Å². The molecule has 0 unspecified atom stereocenters. The highest BCUT2D eigenvalue weighted by molar-refractivity contribution is 9.10. The van der Waals surface area contributed by atoms with Crippen LogP contribution >= 0.6 is 15.9 Å². The summed E-state index contributed by atoms with van der Waals surface area (Å²) in [5.74, 6) is 0. The molecule has 0 atom stereocenters. The molecular weight excluding hydrogens is 1250 g/mol. The molecule has 2 aliphatic rings. The maximum absolute atomic E-state index is 3.67. The maximum atomic E-state index is 3.67. The number of hydrogen-bond acceptors (Lipinski definition) is 2. The van der Waals surface area contributed by atoms with Gasteiger partial charge in [0.1, 0.15) is 0 Å². The molecule has 0 heterocycles. The summed E-state index contributed by atoms with van der Waals surface area (Å²) >= 11 is 3.67. The highest BCUT2D eigenvalue weighted by Crippen LogP contribution is 2.54. The third-order valence-electron chi connectivity index (χ3n) is 21.1. The van der Waals surface area contributed by atoms with Crippen LogP contribution in [-0.2, 0) is 10.8 Å². The highest BCUT2D eigenvalue weighted by atomic mass is 79.9. The normalized spacial score (nSPS) is 13.0. The minimum absolute atomic E-state index is 0. The molecule has 18 aromatic rings. The number of anilines is 5. The van der Waals surface area contributed by atoms with Gasteiger partial charge in [-0.3, -0.25) is 0 Å². The molecular formula is C95H71BrN2. The number of benzene rings is 18. The second kappa shape index (κ2) is 23.8. The van der Waals surface area contributed by atoms with Gasteiger partial charge in [0, 0.05) is 48.8 Å². The molecule has 0 radical (unpaired) electrons. The fourth-order valence-corrected chi connectivity index (χ4v) is 16.7. The summed E-state index contributed by atoms with van der Waals surface area (Å²) in [5.41, 5.74) is 21.7. The van der Waals surface area contributed by atoms with Crippen LogP contribution in [-0.4, -0.2) is 0 Å². The molecule has 468 valence electrons. The number of rotatable bonds is 7. The molecule has 0 aromatic heterocycles. The number of halogens is 1. The Hall–Kier alpha value is -11.4. The molecule has 0 aliphatic heterocycles. The Morgan fingerprint density at radius 3 is 1.22 bits per heavy atom. The SMILES string of the molecule is C.CC1(C)c2cc(-c3ccc4ccc5cccc6ccc3c4c56)ccc2-c2ccc(N(c3ccccc3)c3cccc4ccccc34)cc21.CC1(C)c2cc(Br)ccc2-c2ccc(-c3ccc4ccc5cccc6ccc3c4c56)cc21.c1ccc(Nc2cccc3ccccc23)cc1. The number of para-hydroxylation sites is 2. The topological polar surface area (TPSA) is 15.3 Å². The van der Waals surface area contributed by atoms with Gasteiger partial charge in [0.25, 0.3) is 0 Å². The standard InChI is InChI=1S/C47H33N.C31H21Br.C16H13N.CH4/c1-47(2)42-28-34(37-24-20-33-19-18-31-12-8-13-32-21-26-41(37)46(33)45(31)32)22-25-39(42)40-27-23-36(29-43(40)47)48(35-14-4-3-5-15-35)44-17-9-11-30-10-6-7-16-38(30)44;1-31(2)27-16-21(10-13-24(27)25-15-11-22(32)17-28(25)31)23-12-8-20-7-6-18-4-3-5-19-9-14-26(23)30(20)29(18)19;1-2-9-14(10-3-1)17-16-12-6-8-13-7-4-5-11-15(13)16;/h3-29H,1-2H3;3-17H,1-2H3;1-12,17H;1H4. The lowest BCUT2D eigenvalue weighted by atomic mass is 9.81. The van der Waals surface area contributed by atoms with Crippen LogP contribution < -0.4 is 10.2 Å².